The number of imidazole rings is 1. The normalized spacial score (nSPS) is 15.7. The summed E-state index contributed by atoms with van der Waals surface area (Å²) in [7, 11) is 1.90. The minimum atomic E-state index is -0.429. The van der Waals surface area contributed by atoms with Crippen LogP contribution in [-0.2, 0) is 36.3 Å². The van der Waals surface area contributed by atoms with Gasteiger partial charge in [0.25, 0.3) is 0 Å². The molecule has 1 saturated heterocycles. The molecule has 1 aliphatic rings. The number of ether oxygens (including phenoxy) is 1. The second-order valence-electron chi connectivity index (χ2n) is 13.0. The number of aromatic nitrogens is 5. The smallest absolute Gasteiger partial charge is 0.309 e. The number of esters is 1. The maximum Gasteiger partial charge on any atom is 0.309 e. The highest BCUT2D eigenvalue weighted by molar-refractivity contribution is 5.81. The number of aryl methyl sites for hydroxylation is 3. The van der Waals surface area contributed by atoms with Crippen molar-refractivity contribution in [2.75, 3.05) is 13.1 Å². The minimum absolute atomic E-state index is 0.224. The Hall–Kier alpha value is -4.30. The van der Waals surface area contributed by atoms with Gasteiger partial charge in [-0.15, -0.1) is 5.10 Å². The predicted molar refractivity (Wildman–Crippen MR) is 181 cm³/mol. The number of hydrogen-bond donors (Lipinski definition) is 0. The molecular formula is C38H46N6O2. The first-order chi connectivity index (χ1) is 22.3. The minimum Gasteiger partial charge on any atom is -0.461 e. The third-order valence-corrected chi connectivity index (χ3v) is 10.0. The van der Waals surface area contributed by atoms with Crippen molar-refractivity contribution >= 4 is 17.0 Å². The third kappa shape index (κ3) is 6.77. The quantitative estimate of drug-likeness (QED) is 0.149. The number of hydrogen-bond acceptors (Lipinski definition) is 6. The molecule has 2 aromatic heterocycles. The van der Waals surface area contributed by atoms with Gasteiger partial charge in [-0.1, -0.05) is 80.1 Å². The molecule has 0 bridgehead atoms. The molecule has 0 N–H and O–H groups in total. The Morgan fingerprint density at radius 2 is 1.80 bits per heavy atom. The summed E-state index contributed by atoms with van der Waals surface area (Å²) in [4.78, 5) is 21.0. The first-order valence-corrected chi connectivity index (χ1v) is 16.6. The van der Waals surface area contributed by atoms with Crippen LogP contribution in [0.1, 0.15) is 78.2 Å². The summed E-state index contributed by atoms with van der Waals surface area (Å²) in [5.74, 6) is 1.07. The topological polar surface area (TPSA) is 78.1 Å². The molecule has 2 atom stereocenters. The summed E-state index contributed by atoms with van der Waals surface area (Å²) >= 11 is 0. The van der Waals surface area contributed by atoms with Gasteiger partial charge in [-0.3, -0.25) is 9.69 Å². The number of fused-ring (bicyclic) bond motifs is 1. The van der Waals surface area contributed by atoms with E-state index in [1.807, 2.05) is 50.5 Å². The molecule has 46 heavy (non-hydrogen) atoms. The van der Waals surface area contributed by atoms with Crippen molar-refractivity contribution < 1.29 is 9.53 Å². The van der Waals surface area contributed by atoms with E-state index in [0.29, 0.717) is 0 Å². The molecule has 5 aromatic rings. The van der Waals surface area contributed by atoms with Gasteiger partial charge >= 0.3 is 5.97 Å². The lowest BCUT2D eigenvalue weighted by molar-refractivity contribution is -0.149. The molecular weight excluding hydrogens is 572 g/mol. The zero-order valence-corrected chi connectivity index (χ0v) is 27.8. The van der Waals surface area contributed by atoms with Crippen molar-refractivity contribution in [1.82, 2.24) is 29.4 Å². The highest BCUT2D eigenvalue weighted by atomic mass is 16.5. The van der Waals surface area contributed by atoms with E-state index >= 15 is 0 Å². The lowest BCUT2D eigenvalue weighted by Crippen LogP contribution is -2.34. The van der Waals surface area contributed by atoms with E-state index in [1.165, 1.54) is 30.4 Å². The number of piperidine rings is 1. The van der Waals surface area contributed by atoms with Crippen molar-refractivity contribution in [1.29, 1.82) is 0 Å². The fourth-order valence-corrected chi connectivity index (χ4v) is 6.95. The van der Waals surface area contributed by atoms with Gasteiger partial charge in [-0.05, 0) is 85.1 Å². The molecule has 0 amide bonds. The summed E-state index contributed by atoms with van der Waals surface area (Å²) in [6.45, 7) is 12.6. The van der Waals surface area contributed by atoms with E-state index in [2.05, 4.69) is 77.1 Å². The molecule has 0 radical (unpaired) electrons. The van der Waals surface area contributed by atoms with Gasteiger partial charge in [-0.25, -0.2) is 9.67 Å². The van der Waals surface area contributed by atoms with Gasteiger partial charge in [0.1, 0.15) is 17.9 Å². The molecule has 1 fully saturated rings. The molecule has 3 heterocycles. The zero-order valence-electron chi connectivity index (χ0n) is 27.8. The van der Waals surface area contributed by atoms with Crippen LogP contribution in [0.5, 0.6) is 0 Å². The van der Waals surface area contributed by atoms with Crippen molar-refractivity contribution in [3.05, 3.63) is 112 Å². The Morgan fingerprint density at radius 3 is 2.57 bits per heavy atom. The number of rotatable bonds is 11. The first-order valence-electron chi connectivity index (χ1n) is 16.6. The Kier molecular flexibility index (Phi) is 9.64. The van der Waals surface area contributed by atoms with Crippen LogP contribution in [-0.4, -0.2) is 48.5 Å². The van der Waals surface area contributed by atoms with E-state index in [-0.39, 0.29) is 18.5 Å². The van der Waals surface area contributed by atoms with E-state index < -0.39 is 5.92 Å². The van der Waals surface area contributed by atoms with Crippen LogP contribution >= 0.6 is 0 Å². The fourth-order valence-electron chi connectivity index (χ4n) is 6.95. The predicted octanol–water partition coefficient (Wildman–Crippen LogP) is 6.96. The lowest BCUT2D eigenvalue weighted by Gasteiger charge is -2.31. The lowest BCUT2D eigenvalue weighted by atomic mass is 9.78. The van der Waals surface area contributed by atoms with Crippen LogP contribution < -0.4 is 0 Å². The van der Waals surface area contributed by atoms with Gasteiger partial charge in [0.2, 0.25) is 0 Å². The van der Waals surface area contributed by atoms with E-state index in [4.69, 9.17) is 9.72 Å². The van der Waals surface area contributed by atoms with Crippen molar-refractivity contribution in [2.24, 2.45) is 18.9 Å². The summed E-state index contributed by atoms with van der Waals surface area (Å²) < 4.78 is 9.97. The SMILES string of the molecule is CCC1CCN(Cc2nccn2Cc2cc([C@H](c3ccc4c(nnn4C)c3C)C(C)C(=O)OCc3ccccc3)ccc2C)CC1. The number of carbonyl (C=O) groups excluding carboxylic acids is 1. The van der Waals surface area contributed by atoms with Crippen molar-refractivity contribution in [2.45, 2.75) is 72.6 Å². The van der Waals surface area contributed by atoms with Gasteiger partial charge < -0.3 is 9.30 Å². The number of likely N-dealkylation sites (tertiary alicyclic amines) is 1. The Morgan fingerprint density at radius 1 is 1.02 bits per heavy atom. The Labute approximate surface area is 272 Å². The summed E-state index contributed by atoms with van der Waals surface area (Å²) in [5, 5.41) is 8.73. The second kappa shape index (κ2) is 14.0. The second-order valence-corrected chi connectivity index (χ2v) is 13.0. The van der Waals surface area contributed by atoms with Gasteiger partial charge in [0, 0.05) is 31.9 Å². The van der Waals surface area contributed by atoms with Gasteiger partial charge in [0.05, 0.1) is 18.0 Å². The number of carbonyl (C=O) groups is 1. The summed E-state index contributed by atoms with van der Waals surface area (Å²) in [6, 6.07) is 20.6. The highest BCUT2D eigenvalue weighted by Crippen LogP contribution is 2.38. The van der Waals surface area contributed by atoms with E-state index in [9.17, 15) is 4.79 Å². The first kappa shape index (κ1) is 31.7. The molecule has 240 valence electrons. The average Bonchev–Trinajstić information content (AvgIpc) is 3.68. The molecule has 0 aliphatic carbocycles. The van der Waals surface area contributed by atoms with Crippen LogP contribution in [0, 0.1) is 25.7 Å². The number of benzene rings is 3. The van der Waals surface area contributed by atoms with Crippen LogP contribution in [0.25, 0.3) is 11.0 Å². The van der Waals surface area contributed by atoms with E-state index in [1.54, 1.807) is 4.68 Å². The number of nitrogens with zero attached hydrogens (tertiary/aromatic N) is 6. The summed E-state index contributed by atoms with van der Waals surface area (Å²) in [6.07, 6.45) is 7.82. The largest absolute Gasteiger partial charge is 0.461 e. The molecule has 1 aliphatic heterocycles. The Bertz CT molecular complexity index is 1780. The third-order valence-electron chi connectivity index (χ3n) is 10.0. The van der Waals surface area contributed by atoms with Crippen molar-refractivity contribution in [3.8, 4) is 0 Å². The molecule has 8 heteroatoms. The maximum absolute atomic E-state index is 13.7. The molecule has 3 aromatic carbocycles. The molecule has 6 rings (SSSR count). The van der Waals surface area contributed by atoms with Crippen LogP contribution in [0.2, 0.25) is 0 Å². The van der Waals surface area contributed by atoms with Crippen molar-refractivity contribution in [3.63, 3.8) is 0 Å². The zero-order chi connectivity index (χ0) is 32.2. The average molecular weight is 619 g/mol. The van der Waals surface area contributed by atoms with Gasteiger partial charge in [0.15, 0.2) is 0 Å². The Balaban J connectivity index is 1.30. The maximum atomic E-state index is 13.7. The van der Waals surface area contributed by atoms with Crippen LogP contribution in [0.3, 0.4) is 0 Å². The molecule has 1 unspecified atom stereocenters. The highest BCUT2D eigenvalue weighted by Gasteiger charge is 2.31. The van der Waals surface area contributed by atoms with Crippen LogP contribution in [0.4, 0.5) is 0 Å². The van der Waals surface area contributed by atoms with Gasteiger partial charge in [-0.2, -0.15) is 0 Å². The monoisotopic (exact) mass is 618 g/mol. The fraction of sp³-hybridized carbons (Fsp3) is 0.421. The summed E-state index contributed by atoms with van der Waals surface area (Å²) in [5.41, 5.74) is 8.40. The molecule has 8 nitrogen and oxygen atoms in total. The molecule has 0 spiro atoms. The molecule has 0 saturated carbocycles. The van der Waals surface area contributed by atoms with Crippen LogP contribution in [0.15, 0.2) is 73.1 Å². The van der Waals surface area contributed by atoms with E-state index in [0.717, 1.165) is 71.2 Å². The standard InChI is InChI=1S/C38H46N6O2/c1-6-29-16-19-43(20-17-29)24-35-39-18-21-44(35)23-32-22-31(13-12-26(32)2)36(28(4)38(45)46-25-30-10-8-7-9-11-30)33-14-15-34-37(27(33)3)40-41-42(34)5/h7-15,18,21-22,28-29,36H,6,16-17,19-20,23-25H2,1-5H3/t28?,36-/m1/s1.